The Balaban J connectivity index is 1.84. The molecular weight excluding hydrogens is 653 g/mol. The number of sulfonamides is 1. The van der Waals surface area contributed by atoms with Crippen LogP contribution in [0, 0.1) is 6.92 Å². The number of hydrogen-bond acceptors (Lipinski definition) is 4. The lowest BCUT2D eigenvalue weighted by Gasteiger charge is -2.34. The summed E-state index contributed by atoms with van der Waals surface area (Å²) in [5.74, 6) is -0.986. The Morgan fingerprint density at radius 2 is 1.44 bits per heavy atom. The molecule has 45 heavy (non-hydrogen) atoms. The van der Waals surface area contributed by atoms with Gasteiger partial charge < -0.3 is 10.2 Å². The van der Waals surface area contributed by atoms with Crippen LogP contribution in [0.25, 0.3) is 0 Å². The maximum Gasteiger partial charge on any atom is 0.264 e. The molecule has 0 unspecified atom stereocenters. The zero-order chi connectivity index (χ0) is 32.6. The van der Waals surface area contributed by atoms with E-state index in [1.807, 2.05) is 37.3 Å². The van der Waals surface area contributed by atoms with Gasteiger partial charge in [-0.15, -0.1) is 0 Å². The average Bonchev–Trinajstić information content (AvgIpc) is 3.02. The highest BCUT2D eigenvalue weighted by Gasteiger charge is 2.35. The standard InChI is InChI=1S/C34H34Cl3N3O4S/c1-3-20-38-34(42)32(21-25-11-5-4-6-12-25)39(22-28-29(36)13-9-14-30(28)37)33(41)23-40(31-15-8-7-10-24(31)2)45(43,44)27-18-16-26(35)17-19-27/h4-19,32H,3,20-23H2,1-2H3,(H,38,42)/t32-/m1/s1. The van der Waals surface area contributed by atoms with E-state index in [1.54, 1.807) is 49.4 Å². The SMILES string of the molecule is CCCNC(=O)[C@@H](Cc1ccccc1)N(Cc1c(Cl)cccc1Cl)C(=O)CN(c1ccccc1C)S(=O)(=O)c1ccc(Cl)cc1. The first-order valence-electron chi connectivity index (χ1n) is 14.4. The molecule has 4 aromatic carbocycles. The lowest BCUT2D eigenvalue weighted by molar-refractivity contribution is -0.140. The van der Waals surface area contributed by atoms with E-state index in [-0.39, 0.29) is 23.8 Å². The number of nitrogens with zero attached hydrogens (tertiary/aromatic N) is 2. The summed E-state index contributed by atoms with van der Waals surface area (Å²) in [5.41, 5.74) is 2.23. The molecule has 7 nitrogen and oxygen atoms in total. The van der Waals surface area contributed by atoms with Gasteiger partial charge in [0.1, 0.15) is 12.6 Å². The highest BCUT2D eigenvalue weighted by atomic mass is 35.5. The molecule has 4 rings (SSSR count). The van der Waals surface area contributed by atoms with Crippen molar-refractivity contribution in [2.45, 2.75) is 44.2 Å². The molecule has 0 saturated heterocycles. The molecule has 2 amide bonds. The third-order valence-corrected chi connectivity index (χ3v) is 10.0. The second kappa shape index (κ2) is 15.6. The van der Waals surface area contributed by atoms with Crippen LogP contribution in [0.2, 0.25) is 15.1 Å². The third kappa shape index (κ3) is 8.58. The van der Waals surface area contributed by atoms with Gasteiger partial charge in [-0.25, -0.2) is 8.42 Å². The van der Waals surface area contributed by atoms with Crippen LogP contribution in [0.4, 0.5) is 5.69 Å². The Bertz CT molecular complexity index is 1720. The molecular formula is C34H34Cl3N3O4S. The molecule has 0 aliphatic heterocycles. The van der Waals surface area contributed by atoms with Crippen LogP contribution in [0.15, 0.2) is 102 Å². The van der Waals surface area contributed by atoms with Gasteiger partial charge in [0.25, 0.3) is 10.0 Å². The summed E-state index contributed by atoms with van der Waals surface area (Å²) in [7, 11) is -4.26. The van der Waals surface area contributed by atoms with E-state index in [0.29, 0.717) is 44.8 Å². The Morgan fingerprint density at radius 1 is 0.822 bits per heavy atom. The van der Waals surface area contributed by atoms with E-state index in [0.717, 1.165) is 9.87 Å². The molecule has 0 aliphatic carbocycles. The van der Waals surface area contributed by atoms with Gasteiger partial charge in [0, 0.05) is 40.1 Å². The number of para-hydroxylation sites is 1. The molecule has 4 aromatic rings. The van der Waals surface area contributed by atoms with Gasteiger partial charge in [-0.05, 0) is 66.9 Å². The summed E-state index contributed by atoms with van der Waals surface area (Å²) in [4.78, 5) is 29.6. The van der Waals surface area contributed by atoms with Crippen molar-refractivity contribution in [2.75, 3.05) is 17.4 Å². The summed E-state index contributed by atoms with van der Waals surface area (Å²) >= 11 is 19.2. The number of hydrogen-bond donors (Lipinski definition) is 1. The Kier molecular flexibility index (Phi) is 11.9. The number of carbonyl (C=O) groups excluding carboxylic acids is 2. The van der Waals surface area contributed by atoms with E-state index < -0.39 is 28.5 Å². The van der Waals surface area contributed by atoms with Gasteiger partial charge in [0.15, 0.2) is 0 Å². The number of anilines is 1. The molecule has 0 aliphatic rings. The summed E-state index contributed by atoms with van der Waals surface area (Å²) < 4.78 is 29.4. The maximum absolute atomic E-state index is 14.5. The van der Waals surface area contributed by atoms with Crippen molar-refractivity contribution >= 4 is 62.3 Å². The van der Waals surface area contributed by atoms with Crippen molar-refractivity contribution < 1.29 is 18.0 Å². The van der Waals surface area contributed by atoms with E-state index in [9.17, 15) is 18.0 Å². The quantitative estimate of drug-likeness (QED) is 0.160. The topological polar surface area (TPSA) is 86.8 Å². The van der Waals surface area contributed by atoms with Crippen molar-refractivity contribution in [1.82, 2.24) is 10.2 Å². The van der Waals surface area contributed by atoms with Gasteiger partial charge in [-0.3, -0.25) is 13.9 Å². The first-order valence-corrected chi connectivity index (χ1v) is 17.0. The number of aryl methyl sites for hydroxylation is 1. The molecule has 11 heteroatoms. The zero-order valence-corrected chi connectivity index (χ0v) is 28.0. The molecule has 0 heterocycles. The molecule has 0 fully saturated rings. The lowest BCUT2D eigenvalue weighted by Crippen LogP contribution is -2.53. The van der Waals surface area contributed by atoms with Crippen molar-refractivity contribution in [3.05, 3.63) is 129 Å². The minimum atomic E-state index is -4.26. The largest absolute Gasteiger partial charge is 0.354 e. The van der Waals surface area contributed by atoms with Gasteiger partial charge in [-0.1, -0.05) is 96.3 Å². The predicted octanol–water partition coefficient (Wildman–Crippen LogP) is 7.32. The monoisotopic (exact) mass is 685 g/mol. The maximum atomic E-state index is 14.5. The number of amides is 2. The second-order valence-electron chi connectivity index (χ2n) is 10.5. The molecule has 0 radical (unpaired) electrons. The van der Waals surface area contributed by atoms with Gasteiger partial charge >= 0.3 is 0 Å². The van der Waals surface area contributed by atoms with Crippen LogP contribution >= 0.6 is 34.8 Å². The molecule has 0 saturated carbocycles. The van der Waals surface area contributed by atoms with Crippen LogP contribution < -0.4 is 9.62 Å². The summed E-state index contributed by atoms with van der Waals surface area (Å²) in [5, 5.41) is 3.92. The fraction of sp³-hybridized carbons (Fsp3) is 0.235. The summed E-state index contributed by atoms with van der Waals surface area (Å²) in [6, 6.07) is 25.9. The molecule has 0 aromatic heterocycles. The van der Waals surface area contributed by atoms with E-state index >= 15 is 0 Å². The van der Waals surface area contributed by atoms with Gasteiger partial charge in [-0.2, -0.15) is 0 Å². The predicted molar refractivity (Wildman–Crippen MR) is 181 cm³/mol. The number of halogens is 3. The number of carbonyl (C=O) groups is 2. The van der Waals surface area contributed by atoms with Crippen molar-refractivity contribution in [3.8, 4) is 0 Å². The van der Waals surface area contributed by atoms with E-state index in [1.165, 1.54) is 29.2 Å². The smallest absolute Gasteiger partial charge is 0.264 e. The lowest BCUT2D eigenvalue weighted by atomic mass is 10.0. The van der Waals surface area contributed by atoms with Crippen LogP contribution in [0.1, 0.15) is 30.0 Å². The molecule has 1 atom stereocenters. The van der Waals surface area contributed by atoms with Crippen molar-refractivity contribution in [3.63, 3.8) is 0 Å². The highest BCUT2D eigenvalue weighted by Crippen LogP contribution is 2.30. The van der Waals surface area contributed by atoms with Crippen LogP contribution in [-0.4, -0.2) is 44.3 Å². The highest BCUT2D eigenvalue weighted by molar-refractivity contribution is 7.92. The second-order valence-corrected chi connectivity index (χ2v) is 13.6. The van der Waals surface area contributed by atoms with Crippen molar-refractivity contribution in [1.29, 1.82) is 0 Å². The van der Waals surface area contributed by atoms with E-state index in [4.69, 9.17) is 34.8 Å². The molecule has 0 bridgehead atoms. The van der Waals surface area contributed by atoms with Crippen LogP contribution in [0.5, 0.6) is 0 Å². The number of nitrogens with one attached hydrogen (secondary N) is 1. The Labute approximate surface area is 279 Å². The average molecular weight is 687 g/mol. The normalized spacial score (nSPS) is 11.9. The fourth-order valence-corrected chi connectivity index (χ4v) is 6.99. The minimum absolute atomic E-state index is 0.0369. The van der Waals surface area contributed by atoms with E-state index in [2.05, 4.69) is 5.32 Å². The summed E-state index contributed by atoms with van der Waals surface area (Å²) in [6.07, 6.45) is 0.868. The van der Waals surface area contributed by atoms with Gasteiger partial charge in [0.05, 0.1) is 10.6 Å². The Morgan fingerprint density at radius 3 is 2.07 bits per heavy atom. The molecule has 236 valence electrons. The van der Waals surface area contributed by atoms with Crippen LogP contribution in [0.3, 0.4) is 0 Å². The molecule has 1 N–H and O–H groups in total. The number of benzene rings is 4. The fourth-order valence-electron chi connectivity index (χ4n) is 4.86. The number of rotatable bonds is 13. The molecule has 0 spiro atoms. The first kappa shape index (κ1) is 34.3. The van der Waals surface area contributed by atoms with Crippen LogP contribution in [-0.2, 0) is 32.6 Å². The minimum Gasteiger partial charge on any atom is -0.354 e. The first-order chi connectivity index (χ1) is 21.5. The summed E-state index contributed by atoms with van der Waals surface area (Å²) in [6.45, 7) is 3.38. The Hall–Kier alpha value is -3.56. The van der Waals surface area contributed by atoms with Gasteiger partial charge in [0.2, 0.25) is 11.8 Å². The zero-order valence-electron chi connectivity index (χ0n) is 24.9. The van der Waals surface area contributed by atoms with Crippen molar-refractivity contribution in [2.24, 2.45) is 0 Å². The third-order valence-electron chi connectivity index (χ3n) is 7.28.